The fourth-order valence-corrected chi connectivity index (χ4v) is 3.32. The van der Waals surface area contributed by atoms with Gasteiger partial charge in [-0.05, 0) is 24.1 Å². The molecular formula is C23H26N4O2. The summed E-state index contributed by atoms with van der Waals surface area (Å²) in [6, 6.07) is 11.8. The largest absolute Gasteiger partial charge is 0.399 e. The molecule has 0 spiro atoms. The average Bonchev–Trinajstić information content (AvgIpc) is 2.73. The number of hydrogen-bond donors (Lipinski definition) is 1. The lowest BCUT2D eigenvalue weighted by atomic mass is 9.70. The van der Waals surface area contributed by atoms with E-state index in [1.54, 1.807) is 18.6 Å². The van der Waals surface area contributed by atoms with Crippen molar-refractivity contribution in [2.75, 3.05) is 7.11 Å². The molecule has 1 unspecified atom stereocenters. The smallest absolute Gasteiger partial charge is 0.139 e. The minimum Gasteiger partial charge on any atom is -0.399 e. The first-order valence-corrected chi connectivity index (χ1v) is 9.40. The second-order valence-electron chi connectivity index (χ2n) is 7.96. The molecule has 0 saturated carbocycles. The van der Waals surface area contributed by atoms with E-state index in [0.717, 1.165) is 22.4 Å². The van der Waals surface area contributed by atoms with Crippen LogP contribution in [0, 0.1) is 5.41 Å². The average molecular weight is 390 g/mol. The highest BCUT2D eigenvalue weighted by Crippen LogP contribution is 2.43. The Morgan fingerprint density at radius 1 is 0.931 bits per heavy atom. The van der Waals surface area contributed by atoms with E-state index in [-0.39, 0.29) is 0 Å². The quantitative estimate of drug-likeness (QED) is 0.522. The highest BCUT2D eigenvalue weighted by Gasteiger charge is 2.45. The van der Waals surface area contributed by atoms with Gasteiger partial charge in [0, 0.05) is 35.1 Å². The van der Waals surface area contributed by atoms with Gasteiger partial charge in [0.25, 0.3) is 0 Å². The summed E-state index contributed by atoms with van der Waals surface area (Å²) >= 11 is 0. The van der Waals surface area contributed by atoms with Gasteiger partial charge in [0.15, 0.2) is 0 Å². The fourth-order valence-electron chi connectivity index (χ4n) is 3.32. The summed E-state index contributed by atoms with van der Waals surface area (Å²) in [5.41, 5.74) is 3.14. The SMILES string of the molecule is CON=C(C)c1ccc(-c2ccc(C(O)(c3cncnc3)C(C)(C)C)nc2)cc1. The molecule has 1 N–H and O–H groups in total. The first kappa shape index (κ1) is 20.6. The molecule has 3 aromatic rings. The van der Waals surface area contributed by atoms with Crippen LogP contribution in [0.3, 0.4) is 0 Å². The van der Waals surface area contributed by atoms with E-state index in [1.165, 1.54) is 13.4 Å². The summed E-state index contributed by atoms with van der Waals surface area (Å²) in [7, 11) is 1.53. The van der Waals surface area contributed by atoms with Crippen molar-refractivity contribution in [1.82, 2.24) is 15.0 Å². The first-order chi connectivity index (χ1) is 13.8. The molecule has 0 bridgehead atoms. The van der Waals surface area contributed by atoms with Crippen LogP contribution < -0.4 is 0 Å². The molecule has 0 fully saturated rings. The predicted molar refractivity (Wildman–Crippen MR) is 113 cm³/mol. The molecule has 150 valence electrons. The van der Waals surface area contributed by atoms with Crippen molar-refractivity contribution in [3.05, 3.63) is 78.1 Å². The normalized spacial score (nSPS) is 14.3. The van der Waals surface area contributed by atoms with Crippen LogP contribution >= 0.6 is 0 Å². The van der Waals surface area contributed by atoms with Crippen LogP contribution in [0.2, 0.25) is 0 Å². The van der Waals surface area contributed by atoms with Crippen molar-refractivity contribution in [3.8, 4) is 11.1 Å². The molecule has 0 amide bonds. The van der Waals surface area contributed by atoms with Crippen LogP contribution in [0.25, 0.3) is 11.1 Å². The number of hydrogen-bond acceptors (Lipinski definition) is 6. The molecule has 3 rings (SSSR count). The topological polar surface area (TPSA) is 80.5 Å². The number of aromatic nitrogens is 3. The van der Waals surface area contributed by atoms with Gasteiger partial charge in [0.2, 0.25) is 0 Å². The lowest BCUT2D eigenvalue weighted by Crippen LogP contribution is -2.42. The third-order valence-electron chi connectivity index (χ3n) is 5.06. The summed E-state index contributed by atoms with van der Waals surface area (Å²) < 4.78 is 0. The zero-order valence-corrected chi connectivity index (χ0v) is 17.4. The first-order valence-electron chi connectivity index (χ1n) is 9.40. The van der Waals surface area contributed by atoms with E-state index in [4.69, 9.17) is 4.84 Å². The fraction of sp³-hybridized carbons (Fsp3) is 0.304. The minimum atomic E-state index is -1.32. The van der Waals surface area contributed by atoms with Gasteiger partial charge in [0.05, 0.1) is 11.4 Å². The maximum atomic E-state index is 11.6. The number of nitrogens with zero attached hydrogens (tertiary/aromatic N) is 4. The van der Waals surface area contributed by atoms with E-state index >= 15 is 0 Å². The zero-order chi connectivity index (χ0) is 21.1. The summed E-state index contributed by atoms with van der Waals surface area (Å²) in [6.45, 7) is 7.81. The summed E-state index contributed by atoms with van der Waals surface area (Å²) in [5, 5.41) is 15.6. The third kappa shape index (κ3) is 4.03. The van der Waals surface area contributed by atoms with E-state index in [1.807, 2.05) is 64.1 Å². The molecule has 0 aliphatic rings. The molecule has 2 heterocycles. The number of pyridine rings is 1. The Balaban J connectivity index is 1.96. The van der Waals surface area contributed by atoms with Crippen LogP contribution in [0.1, 0.15) is 44.5 Å². The summed E-state index contributed by atoms with van der Waals surface area (Å²) in [6.07, 6.45) is 6.50. The Kier molecular flexibility index (Phi) is 5.75. The monoisotopic (exact) mass is 390 g/mol. The van der Waals surface area contributed by atoms with Crippen LogP contribution in [-0.2, 0) is 10.4 Å². The second kappa shape index (κ2) is 8.09. The van der Waals surface area contributed by atoms with Gasteiger partial charge >= 0.3 is 0 Å². The number of rotatable bonds is 5. The number of aliphatic hydroxyl groups is 1. The van der Waals surface area contributed by atoms with Crippen molar-refractivity contribution < 1.29 is 9.94 Å². The van der Waals surface area contributed by atoms with Crippen LogP contribution in [0.15, 0.2) is 66.5 Å². The molecule has 2 aromatic heterocycles. The molecule has 1 atom stereocenters. The predicted octanol–water partition coefficient (Wildman–Crippen LogP) is 4.19. The Bertz CT molecular complexity index is 978. The summed E-state index contributed by atoms with van der Waals surface area (Å²) in [5.74, 6) is 0. The van der Waals surface area contributed by atoms with Crippen molar-refractivity contribution in [2.45, 2.75) is 33.3 Å². The van der Waals surface area contributed by atoms with Gasteiger partial charge in [-0.25, -0.2) is 9.97 Å². The second-order valence-corrected chi connectivity index (χ2v) is 7.96. The Labute approximate surface area is 171 Å². The lowest BCUT2D eigenvalue weighted by molar-refractivity contribution is -0.0301. The molecule has 1 aromatic carbocycles. The number of oxime groups is 1. The van der Waals surface area contributed by atoms with Crippen molar-refractivity contribution in [3.63, 3.8) is 0 Å². The van der Waals surface area contributed by atoms with Gasteiger partial charge in [-0.2, -0.15) is 0 Å². The van der Waals surface area contributed by atoms with E-state index in [2.05, 4.69) is 20.1 Å². The highest BCUT2D eigenvalue weighted by atomic mass is 16.6. The molecule has 6 heteroatoms. The van der Waals surface area contributed by atoms with E-state index in [9.17, 15) is 5.11 Å². The van der Waals surface area contributed by atoms with Crippen molar-refractivity contribution in [1.29, 1.82) is 0 Å². The molecule has 0 saturated heterocycles. The maximum absolute atomic E-state index is 11.6. The van der Waals surface area contributed by atoms with E-state index < -0.39 is 11.0 Å². The van der Waals surface area contributed by atoms with Gasteiger partial charge in [-0.1, -0.05) is 56.3 Å². The number of benzene rings is 1. The van der Waals surface area contributed by atoms with Crippen molar-refractivity contribution >= 4 is 5.71 Å². The Morgan fingerprint density at radius 3 is 2.07 bits per heavy atom. The van der Waals surface area contributed by atoms with Crippen LogP contribution in [0.5, 0.6) is 0 Å². The molecule has 0 aliphatic heterocycles. The highest BCUT2D eigenvalue weighted by molar-refractivity contribution is 5.98. The standard InChI is InChI=1S/C23H26N4O2/c1-16(27-29-5)17-6-8-18(9-7-17)19-10-11-21(26-12-19)23(28,22(2,3)4)20-13-24-15-25-14-20/h6-15,28H,1-5H3. The third-order valence-corrected chi connectivity index (χ3v) is 5.06. The molecule has 0 radical (unpaired) electrons. The zero-order valence-electron chi connectivity index (χ0n) is 17.4. The molecule has 29 heavy (non-hydrogen) atoms. The minimum absolute atomic E-state index is 0.508. The maximum Gasteiger partial charge on any atom is 0.139 e. The molecular weight excluding hydrogens is 364 g/mol. The van der Waals surface area contributed by atoms with Gasteiger partial charge in [-0.15, -0.1) is 0 Å². The van der Waals surface area contributed by atoms with Crippen LogP contribution in [0.4, 0.5) is 0 Å². The molecule has 6 nitrogen and oxygen atoms in total. The van der Waals surface area contributed by atoms with Gasteiger partial charge in [0.1, 0.15) is 19.0 Å². The van der Waals surface area contributed by atoms with Crippen molar-refractivity contribution in [2.24, 2.45) is 10.6 Å². The Morgan fingerprint density at radius 2 is 1.55 bits per heavy atom. The van der Waals surface area contributed by atoms with Crippen LogP contribution in [-0.4, -0.2) is 32.9 Å². The summed E-state index contributed by atoms with van der Waals surface area (Å²) in [4.78, 5) is 17.6. The van der Waals surface area contributed by atoms with E-state index in [0.29, 0.717) is 11.3 Å². The lowest BCUT2D eigenvalue weighted by Gasteiger charge is -2.39. The Hall–Kier alpha value is -3.12. The van der Waals surface area contributed by atoms with Gasteiger partial charge < -0.3 is 9.94 Å². The van der Waals surface area contributed by atoms with Gasteiger partial charge in [-0.3, -0.25) is 4.98 Å². The molecule has 0 aliphatic carbocycles.